The van der Waals surface area contributed by atoms with Gasteiger partial charge in [0.1, 0.15) is 0 Å². The zero-order valence-electron chi connectivity index (χ0n) is 17.8. The Labute approximate surface area is 183 Å². The maximum atomic E-state index is 12.9. The highest BCUT2D eigenvalue weighted by Gasteiger charge is 2.26. The minimum Gasteiger partial charge on any atom is -0.410 e. The molecule has 1 aliphatic rings. The van der Waals surface area contributed by atoms with E-state index >= 15 is 0 Å². The molecule has 8 heteroatoms. The Morgan fingerprint density at radius 3 is 2.80 bits per heavy atom. The fourth-order valence-electron chi connectivity index (χ4n) is 4.10. The van der Waals surface area contributed by atoms with Gasteiger partial charge in [0.05, 0.1) is 15.8 Å². The van der Waals surface area contributed by atoms with Crippen LogP contribution in [0.25, 0.3) is 10.8 Å². The molecule has 0 saturated heterocycles. The molecule has 2 unspecified atom stereocenters. The summed E-state index contributed by atoms with van der Waals surface area (Å²) in [7, 11) is 0. The number of rotatable bonds is 6. The normalized spacial score (nSPS) is 17.0. The molecular weight excluding hydrogens is 418 g/mol. The number of H-pyrrole nitrogens is 1. The monoisotopic (exact) mass is 443 g/mol. The van der Waals surface area contributed by atoms with Crippen LogP contribution in [0.2, 0.25) is 0 Å². The van der Waals surface area contributed by atoms with E-state index in [1.807, 2.05) is 13.8 Å². The van der Waals surface area contributed by atoms with Gasteiger partial charge < -0.3 is 9.40 Å². The van der Waals surface area contributed by atoms with E-state index in [-0.39, 0.29) is 11.6 Å². The molecule has 3 heterocycles. The molecule has 0 aromatic carbocycles. The van der Waals surface area contributed by atoms with Gasteiger partial charge in [0.2, 0.25) is 0 Å². The Balaban J connectivity index is 1.49. The summed E-state index contributed by atoms with van der Waals surface area (Å²) < 4.78 is 5.86. The number of nitrogens with one attached hydrogen (secondary N) is 1. The smallest absolute Gasteiger partial charge is 0.277 e. The number of thioether (sulfide) groups is 1. The summed E-state index contributed by atoms with van der Waals surface area (Å²) in [5.74, 6) is 1.09. The van der Waals surface area contributed by atoms with Crippen LogP contribution in [0.15, 0.2) is 15.7 Å². The third kappa shape index (κ3) is 3.90. The lowest BCUT2D eigenvalue weighted by molar-refractivity contribution is 0.0988. The first-order chi connectivity index (χ1) is 14.2. The van der Waals surface area contributed by atoms with Gasteiger partial charge in [0.15, 0.2) is 11.6 Å². The number of hydrogen-bond acceptors (Lipinski definition) is 7. The summed E-state index contributed by atoms with van der Waals surface area (Å²) in [4.78, 5) is 30.3. The lowest BCUT2D eigenvalue weighted by Gasteiger charge is -2.16. The molecule has 158 valence electrons. The van der Waals surface area contributed by atoms with Crippen molar-refractivity contribution in [3.63, 3.8) is 0 Å². The van der Waals surface area contributed by atoms with Crippen LogP contribution in [-0.4, -0.2) is 32.0 Å². The number of Topliss-reactive ketones (excluding diaryl/α,β-unsaturated/α-hetero) is 2. The molecule has 0 spiro atoms. The Hall–Kier alpha value is -2.19. The highest BCUT2D eigenvalue weighted by Crippen LogP contribution is 2.38. The fraction of sp³-hybridized carbons (Fsp3) is 0.455. The number of carbonyl (C=O) groups excluding carboxylic acids is 2. The zero-order valence-corrected chi connectivity index (χ0v) is 19.4. The maximum absolute atomic E-state index is 12.9. The van der Waals surface area contributed by atoms with Crippen LogP contribution in [-0.2, 0) is 12.8 Å². The molecule has 0 amide bonds. The maximum Gasteiger partial charge on any atom is 0.277 e. The minimum atomic E-state index is -0.424. The summed E-state index contributed by atoms with van der Waals surface area (Å²) in [5, 5.41) is 8.29. The van der Waals surface area contributed by atoms with Gasteiger partial charge in [-0.3, -0.25) is 9.59 Å². The second-order valence-electron chi connectivity index (χ2n) is 8.09. The zero-order chi connectivity index (χ0) is 21.6. The van der Waals surface area contributed by atoms with Gasteiger partial charge >= 0.3 is 0 Å². The summed E-state index contributed by atoms with van der Waals surface area (Å²) in [6, 6.07) is 2.17. The van der Waals surface area contributed by atoms with E-state index in [1.54, 1.807) is 18.3 Å². The van der Waals surface area contributed by atoms with Crippen LogP contribution in [0.4, 0.5) is 0 Å². The van der Waals surface area contributed by atoms with Gasteiger partial charge in [-0.1, -0.05) is 18.7 Å². The van der Waals surface area contributed by atoms with Crippen molar-refractivity contribution >= 4 is 34.7 Å². The molecule has 6 nitrogen and oxygen atoms in total. The molecule has 0 saturated carbocycles. The third-order valence-corrected chi connectivity index (χ3v) is 7.79. The molecule has 0 aliphatic heterocycles. The standard InChI is InChI=1S/C22H25N3O3S2/c1-10-6-7-16-15(8-10)9-17(30-16)21-24-25-22(28-21)29-14(5)20(27)19-11(2)18(13(4)26)12(3)23-19/h9-10,14,23H,6-8H2,1-5H3. The van der Waals surface area contributed by atoms with Crippen molar-refractivity contribution in [3.05, 3.63) is 39.0 Å². The lowest BCUT2D eigenvalue weighted by atomic mass is 9.90. The van der Waals surface area contributed by atoms with Gasteiger partial charge in [-0.2, -0.15) is 0 Å². The van der Waals surface area contributed by atoms with Crippen LogP contribution in [0, 0.1) is 19.8 Å². The summed E-state index contributed by atoms with van der Waals surface area (Å²) in [6.07, 6.45) is 3.43. The van der Waals surface area contributed by atoms with Gasteiger partial charge in [0, 0.05) is 16.1 Å². The molecular formula is C22H25N3O3S2. The fourth-order valence-corrected chi connectivity index (χ4v) is 5.97. The number of fused-ring (bicyclic) bond motifs is 1. The number of aromatic nitrogens is 3. The van der Waals surface area contributed by atoms with E-state index < -0.39 is 5.25 Å². The second kappa shape index (κ2) is 8.15. The van der Waals surface area contributed by atoms with Gasteiger partial charge in [0.25, 0.3) is 11.1 Å². The van der Waals surface area contributed by atoms with Crippen molar-refractivity contribution < 1.29 is 14.0 Å². The highest BCUT2D eigenvalue weighted by molar-refractivity contribution is 8.00. The molecule has 4 rings (SSSR count). The van der Waals surface area contributed by atoms with Crippen molar-refractivity contribution in [2.75, 3.05) is 0 Å². The molecule has 2 atom stereocenters. The molecule has 3 aromatic heterocycles. The van der Waals surface area contributed by atoms with E-state index in [9.17, 15) is 9.59 Å². The topological polar surface area (TPSA) is 88.9 Å². The summed E-state index contributed by atoms with van der Waals surface area (Å²) >= 11 is 2.96. The number of ketones is 2. The van der Waals surface area contributed by atoms with E-state index in [0.29, 0.717) is 33.9 Å². The number of thiophene rings is 1. The van der Waals surface area contributed by atoms with Crippen LogP contribution in [0.1, 0.15) is 69.7 Å². The van der Waals surface area contributed by atoms with Crippen molar-refractivity contribution in [2.24, 2.45) is 5.92 Å². The third-order valence-electron chi connectivity index (χ3n) is 5.63. The van der Waals surface area contributed by atoms with Crippen molar-refractivity contribution in [2.45, 2.75) is 64.4 Å². The van der Waals surface area contributed by atoms with E-state index in [1.165, 1.54) is 35.5 Å². The second-order valence-corrected chi connectivity index (χ2v) is 10.5. The molecule has 1 aliphatic carbocycles. The molecule has 30 heavy (non-hydrogen) atoms. The predicted octanol–water partition coefficient (Wildman–Crippen LogP) is 5.43. The number of carbonyl (C=O) groups is 2. The first-order valence-corrected chi connectivity index (χ1v) is 11.8. The number of nitrogens with zero attached hydrogens (tertiary/aromatic N) is 2. The quantitative estimate of drug-likeness (QED) is 0.403. The van der Waals surface area contributed by atoms with E-state index in [2.05, 4.69) is 28.2 Å². The first-order valence-electron chi connectivity index (χ1n) is 10.1. The van der Waals surface area contributed by atoms with Crippen molar-refractivity contribution in [1.82, 2.24) is 15.2 Å². The Morgan fingerprint density at radius 2 is 2.10 bits per heavy atom. The summed E-state index contributed by atoms with van der Waals surface area (Å²) in [5.41, 5.74) is 3.87. The van der Waals surface area contributed by atoms with E-state index in [0.717, 1.165) is 23.4 Å². The van der Waals surface area contributed by atoms with Crippen LogP contribution in [0.3, 0.4) is 0 Å². The average Bonchev–Trinajstić information content (AvgIpc) is 3.37. The van der Waals surface area contributed by atoms with Gasteiger partial charge in [-0.15, -0.1) is 21.5 Å². The lowest BCUT2D eigenvalue weighted by Crippen LogP contribution is -2.15. The SMILES string of the molecule is CC(=O)c1c(C)[nH]c(C(=O)C(C)Sc2nnc(-c3cc4c(s3)CCC(C)C4)o2)c1C. The number of aromatic amines is 1. The number of hydrogen-bond donors (Lipinski definition) is 1. The van der Waals surface area contributed by atoms with E-state index in [4.69, 9.17) is 4.42 Å². The highest BCUT2D eigenvalue weighted by atomic mass is 32.2. The van der Waals surface area contributed by atoms with Crippen LogP contribution >= 0.6 is 23.1 Å². The summed E-state index contributed by atoms with van der Waals surface area (Å²) in [6.45, 7) is 9.22. The molecule has 0 radical (unpaired) electrons. The predicted molar refractivity (Wildman–Crippen MR) is 119 cm³/mol. The molecule has 3 aromatic rings. The Kier molecular flexibility index (Phi) is 5.72. The Morgan fingerprint density at radius 1 is 1.33 bits per heavy atom. The van der Waals surface area contributed by atoms with Gasteiger partial charge in [-0.05, 0) is 70.1 Å². The molecule has 0 fully saturated rings. The number of aryl methyl sites for hydroxylation is 2. The largest absolute Gasteiger partial charge is 0.410 e. The van der Waals surface area contributed by atoms with Crippen molar-refractivity contribution in [3.8, 4) is 10.8 Å². The minimum absolute atomic E-state index is 0.0461. The first kappa shape index (κ1) is 21.1. The van der Waals surface area contributed by atoms with Crippen LogP contribution in [0.5, 0.6) is 0 Å². The van der Waals surface area contributed by atoms with Crippen molar-refractivity contribution in [1.29, 1.82) is 0 Å². The Bertz CT molecular complexity index is 1130. The molecule has 1 N–H and O–H groups in total. The van der Waals surface area contributed by atoms with Gasteiger partial charge in [-0.25, -0.2) is 0 Å². The molecule has 0 bridgehead atoms. The van der Waals surface area contributed by atoms with Crippen LogP contribution < -0.4 is 0 Å². The average molecular weight is 444 g/mol.